The second-order valence-corrected chi connectivity index (χ2v) is 4.50. The highest BCUT2D eigenvalue weighted by Gasteiger charge is 1.96. The molecule has 0 aliphatic rings. The summed E-state index contributed by atoms with van der Waals surface area (Å²) < 4.78 is 0. The Hall–Kier alpha value is -1.57. The predicted molar refractivity (Wildman–Crippen MR) is 85.5 cm³/mol. The molecule has 2 aromatic carbocycles. The van der Waals surface area contributed by atoms with Gasteiger partial charge in [-0.2, -0.15) is 0 Å². The minimum atomic E-state index is 0. The quantitative estimate of drug-likeness (QED) is 0.787. The van der Waals surface area contributed by atoms with Crippen molar-refractivity contribution in [3.8, 4) is 0 Å². The zero-order valence-electron chi connectivity index (χ0n) is 11.2. The van der Waals surface area contributed by atoms with Crippen LogP contribution in [0.25, 0.3) is 6.08 Å². The Morgan fingerprint density at radius 2 is 1.47 bits per heavy atom. The molecule has 0 amide bonds. The van der Waals surface area contributed by atoms with Gasteiger partial charge in [0, 0.05) is 13.1 Å². The molecule has 100 valence electrons. The number of hydrogen-bond donors (Lipinski definition) is 0. The van der Waals surface area contributed by atoms with Gasteiger partial charge in [0.25, 0.3) is 0 Å². The third-order valence-electron chi connectivity index (χ3n) is 2.82. The minimum absolute atomic E-state index is 0. The monoisotopic (exact) mass is 273 g/mol. The van der Waals surface area contributed by atoms with Crippen LogP contribution >= 0.6 is 12.4 Å². The number of likely N-dealkylation sites (N-methyl/N-ethyl adjacent to an activating group) is 1. The number of nitrogens with zero attached hydrogens (tertiary/aromatic N) is 1. The zero-order chi connectivity index (χ0) is 12.6. The van der Waals surface area contributed by atoms with E-state index in [1.165, 1.54) is 11.1 Å². The minimum Gasteiger partial charge on any atom is -0.298 e. The molecule has 0 fully saturated rings. The largest absolute Gasteiger partial charge is 0.298 e. The van der Waals surface area contributed by atoms with Crippen LogP contribution in [-0.2, 0) is 6.54 Å². The van der Waals surface area contributed by atoms with Crippen LogP contribution in [0.1, 0.15) is 11.1 Å². The summed E-state index contributed by atoms with van der Waals surface area (Å²) in [5.41, 5.74) is 2.61. The molecule has 0 heterocycles. The molecule has 0 radical (unpaired) electrons. The molecule has 1 nitrogen and oxygen atoms in total. The van der Waals surface area contributed by atoms with Gasteiger partial charge < -0.3 is 0 Å². The van der Waals surface area contributed by atoms with Crippen molar-refractivity contribution < 1.29 is 0 Å². The molecule has 0 aromatic heterocycles. The lowest BCUT2D eigenvalue weighted by atomic mass is 10.2. The maximum Gasteiger partial charge on any atom is 0.0233 e. The maximum atomic E-state index is 2.30. The highest BCUT2D eigenvalue weighted by atomic mass is 35.5. The van der Waals surface area contributed by atoms with Crippen LogP contribution in [0, 0.1) is 0 Å². The van der Waals surface area contributed by atoms with Crippen molar-refractivity contribution in [2.75, 3.05) is 13.6 Å². The predicted octanol–water partition coefficient (Wildman–Crippen LogP) is 4.25. The van der Waals surface area contributed by atoms with Crippen molar-refractivity contribution in [3.05, 3.63) is 77.9 Å². The summed E-state index contributed by atoms with van der Waals surface area (Å²) in [5, 5.41) is 0. The third-order valence-corrected chi connectivity index (χ3v) is 2.82. The lowest BCUT2D eigenvalue weighted by Gasteiger charge is -2.14. The Bertz CT molecular complexity index is 479. The van der Waals surface area contributed by atoms with Gasteiger partial charge in [-0.25, -0.2) is 0 Å². The molecule has 0 unspecified atom stereocenters. The molecule has 0 aliphatic carbocycles. The first-order valence-electron chi connectivity index (χ1n) is 6.28. The van der Waals surface area contributed by atoms with Gasteiger partial charge >= 0.3 is 0 Å². The first-order valence-corrected chi connectivity index (χ1v) is 6.28. The molecule has 0 bridgehead atoms. The van der Waals surface area contributed by atoms with Gasteiger partial charge in [0.05, 0.1) is 0 Å². The van der Waals surface area contributed by atoms with Crippen molar-refractivity contribution in [1.82, 2.24) is 4.90 Å². The molecule has 0 aliphatic heterocycles. The first-order chi connectivity index (χ1) is 8.84. The van der Waals surface area contributed by atoms with E-state index in [1.807, 2.05) is 6.07 Å². The average molecular weight is 274 g/mol. The lowest BCUT2D eigenvalue weighted by molar-refractivity contribution is 0.364. The van der Waals surface area contributed by atoms with Crippen LogP contribution in [0.2, 0.25) is 0 Å². The SMILES string of the molecule is CN(C/C=C\c1ccccc1)Cc1ccccc1.Cl. The summed E-state index contributed by atoms with van der Waals surface area (Å²) in [4.78, 5) is 2.30. The van der Waals surface area contributed by atoms with Gasteiger partial charge in [-0.3, -0.25) is 4.90 Å². The molecule has 0 spiro atoms. The number of hydrogen-bond acceptors (Lipinski definition) is 1. The smallest absolute Gasteiger partial charge is 0.0233 e. The molecule has 2 heteroatoms. The maximum absolute atomic E-state index is 2.30. The van der Waals surface area contributed by atoms with E-state index in [1.54, 1.807) is 0 Å². The summed E-state index contributed by atoms with van der Waals surface area (Å²) in [5.74, 6) is 0. The van der Waals surface area contributed by atoms with Crippen molar-refractivity contribution in [2.45, 2.75) is 6.54 Å². The summed E-state index contributed by atoms with van der Waals surface area (Å²) in [6, 6.07) is 21.0. The van der Waals surface area contributed by atoms with Crippen LogP contribution in [-0.4, -0.2) is 18.5 Å². The second kappa shape index (κ2) is 8.52. The van der Waals surface area contributed by atoms with E-state index in [0.29, 0.717) is 0 Å². The van der Waals surface area contributed by atoms with Crippen LogP contribution in [0.15, 0.2) is 66.7 Å². The normalized spacial score (nSPS) is 10.6. The topological polar surface area (TPSA) is 3.24 Å². The van der Waals surface area contributed by atoms with Gasteiger partial charge in [0.1, 0.15) is 0 Å². The Kier molecular flexibility index (Phi) is 6.94. The van der Waals surface area contributed by atoms with Crippen molar-refractivity contribution >= 4 is 18.5 Å². The van der Waals surface area contributed by atoms with E-state index in [0.717, 1.165) is 13.1 Å². The summed E-state index contributed by atoms with van der Waals surface area (Å²) in [7, 11) is 2.14. The Balaban J connectivity index is 0.00000180. The van der Waals surface area contributed by atoms with E-state index >= 15 is 0 Å². The average Bonchev–Trinajstić information content (AvgIpc) is 2.41. The third kappa shape index (κ3) is 5.73. The lowest BCUT2D eigenvalue weighted by Crippen LogP contribution is -2.17. The van der Waals surface area contributed by atoms with Crippen LogP contribution in [0.3, 0.4) is 0 Å². The summed E-state index contributed by atoms with van der Waals surface area (Å²) >= 11 is 0. The van der Waals surface area contributed by atoms with E-state index in [4.69, 9.17) is 0 Å². The van der Waals surface area contributed by atoms with Crippen LogP contribution in [0.5, 0.6) is 0 Å². The molecule has 2 aromatic rings. The van der Waals surface area contributed by atoms with Crippen molar-refractivity contribution in [3.63, 3.8) is 0 Å². The molecule has 19 heavy (non-hydrogen) atoms. The fraction of sp³-hybridized carbons (Fsp3) is 0.176. The summed E-state index contributed by atoms with van der Waals surface area (Å²) in [6.45, 7) is 1.95. The van der Waals surface area contributed by atoms with E-state index in [9.17, 15) is 0 Å². The zero-order valence-corrected chi connectivity index (χ0v) is 12.0. The van der Waals surface area contributed by atoms with Crippen LogP contribution < -0.4 is 0 Å². The molecular weight excluding hydrogens is 254 g/mol. The molecule has 0 atom stereocenters. The number of rotatable bonds is 5. The number of benzene rings is 2. The fourth-order valence-corrected chi connectivity index (χ4v) is 1.89. The summed E-state index contributed by atoms with van der Waals surface area (Å²) in [6.07, 6.45) is 4.37. The van der Waals surface area contributed by atoms with Gasteiger partial charge in [-0.1, -0.05) is 72.8 Å². The highest BCUT2D eigenvalue weighted by molar-refractivity contribution is 5.85. The second-order valence-electron chi connectivity index (χ2n) is 4.50. The molecule has 0 saturated heterocycles. The van der Waals surface area contributed by atoms with Gasteiger partial charge in [-0.05, 0) is 18.2 Å². The molecule has 2 rings (SSSR count). The molecule has 0 saturated carbocycles. The van der Waals surface area contributed by atoms with Gasteiger partial charge in [-0.15, -0.1) is 12.4 Å². The standard InChI is InChI=1S/C17H19N.ClH/c1-18(15-17-11-6-3-7-12-17)14-8-13-16-9-4-2-5-10-16;/h2-13H,14-15H2,1H3;1H/b13-8-;. The molecule has 0 N–H and O–H groups in total. The number of halogens is 1. The molecular formula is C17H20ClN. The van der Waals surface area contributed by atoms with E-state index in [-0.39, 0.29) is 12.4 Å². The van der Waals surface area contributed by atoms with Crippen molar-refractivity contribution in [1.29, 1.82) is 0 Å². The van der Waals surface area contributed by atoms with Gasteiger partial charge in [0.15, 0.2) is 0 Å². The fourth-order valence-electron chi connectivity index (χ4n) is 1.89. The van der Waals surface area contributed by atoms with Crippen molar-refractivity contribution in [2.24, 2.45) is 0 Å². The van der Waals surface area contributed by atoms with E-state index in [2.05, 4.69) is 78.7 Å². The Morgan fingerprint density at radius 3 is 2.11 bits per heavy atom. The van der Waals surface area contributed by atoms with E-state index < -0.39 is 0 Å². The highest BCUT2D eigenvalue weighted by Crippen LogP contribution is 2.04. The van der Waals surface area contributed by atoms with Gasteiger partial charge in [0.2, 0.25) is 0 Å². The Morgan fingerprint density at radius 1 is 0.895 bits per heavy atom. The first kappa shape index (κ1) is 15.5. The van der Waals surface area contributed by atoms with Crippen LogP contribution in [0.4, 0.5) is 0 Å². The Labute approximate surface area is 122 Å².